The van der Waals surface area contributed by atoms with E-state index in [0.29, 0.717) is 55.5 Å². The normalized spacial score (nSPS) is 23.2. The molecule has 0 unspecified atom stereocenters. The highest BCUT2D eigenvalue weighted by Gasteiger charge is 2.76. The van der Waals surface area contributed by atoms with E-state index >= 15 is 0 Å². The van der Waals surface area contributed by atoms with Crippen LogP contribution in [0.25, 0.3) is 20.2 Å². The van der Waals surface area contributed by atoms with Gasteiger partial charge in [0.25, 0.3) is 0 Å². The monoisotopic (exact) mass is 870 g/mol. The van der Waals surface area contributed by atoms with Crippen LogP contribution in [0.4, 0.5) is 11.4 Å². The van der Waals surface area contributed by atoms with E-state index < -0.39 is 18.7 Å². The third-order valence-electron chi connectivity index (χ3n) is 12.6. The molecule has 3 aliphatic carbocycles. The number of carbonyl (C=O) groups is 2. The molecule has 0 spiro atoms. The molecular formula is C45H41Cl2N2O6PS2. The minimum atomic E-state index is -4.22. The number of hydrogen-bond donors (Lipinski definition) is 0. The standard InChI is InChI=1S/C45H41Cl2N2O6PS2/c1-27-22-57-36-14-13-33-39(37(27)36)31(16-46)18-48(33)42(50)44-24-45(25-44,26-44)43(51)49-19-32(17-47)40-34(49)15-35(41-38(40)28(2)23-58-41)55-56(52,53-20-29-9-5-3-6-10-29)54-21-30-11-7-4-8-12-30/h3-15,22-23,31-32H,16-21,24-26H2,1-2H3/t31-,32-,44?,45?/m1/s1. The molecule has 0 N–H and O–H groups in total. The smallest absolute Gasteiger partial charge is 0.402 e. The van der Waals surface area contributed by atoms with Crippen molar-refractivity contribution in [3.05, 3.63) is 123 Å². The van der Waals surface area contributed by atoms with Crippen molar-refractivity contribution in [2.75, 3.05) is 34.6 Å². The summed E-state index contributed by atoms with van der Waals surface area (Å²) < 4.78 is 35.1. The molecule has 8 nitrogen and oxygen atoms in total. The highest BCUT2D eigenvalue weighted by atomic mass is 35.5. The molecule has 2 aliphatic heterocycles. The number of fused-ring (bicyclic) bond motifs is 6. The third kappa shape index (κ3) is 6.08. The number of rotatable bonds is 12. The fraction of sp³-hybridized carbons (Fsp3) is 0.333. The second-order valence-corrected chi connectivity index (χ2v) is 20.4. The third-order valence-corrected chi connectivity index (χ3v) is 16.9. The van der Waals surface area contributed by atoms with Crippen LogP contribution in [0.3, 0.4) is 0 Å². The molecule has 4 aromatic carbocycles. The molecule has 13 heteroatoms. The first-order chi connectivity index (χ1) is 28.1. The van der Waals surface area contributed by atoms with Crippen molar-refractivity contribution in [1.82, 2.24) is 0 Å². The number of phosphoric ester groups is 1. The van der Waals surface area contributed by atoms with Gasteiger partial charge in [0, 0.05) is 63.9 Å². The molecule has 5 aliphatic rings. The molecule has 2 aromatic heterocycles. The minimum Gasteiger partial charge on any atom is -0.402 e. The lowest BCUT2D eigenvalue weighted by Crippen LogP contribution is -2.73. The molecule has 11 rings (SSSR count). The maximum absolute atomic E-state index is 14.8. The number of amides is 2. The zero-order chi connectivity index (χ0) is 40.0. The molecule has 3 fully saturated rings. The van der Waals surface area contributed by atoms with Gasteiger partial charge in [-0.15, -0.1) is 45.9 Å². The molecule has 6 aromatic rings. The molecule has 58 heavy (non-hydrogen) atoms. The molecule has 0 saturated heterocycles. The summed E-state index contributed by atoms with van der Waals surface area (Å²) in [6.45, 7) is 5.14. The van der Waals surface area contributed by atoms with Crippen molar-refractivity contribution >= 4 is 97.1 Å². The molecular weight excluding hydrogens is 831 g/mol. The quantitative estimate of drug-likeness (QED) is 0.0899. The van der Waals surface area contributed by atoms with Crippen LogP contribution in [0, 0.1) is 24.7 Å². The van der Waals surface area contributed by atoms with Gasteiger partial charge in [-0.25, -0.2) is 4.57 Å². The lowest BCUT2D eigenvalue weighted by Gasteiger charge is -2.69. The van der Waals surface area contributed by atoms with Crippen LogP contribution < -0.4 is 14.3 Å². The minimum absolute atomic E-state index is 0.00544. The van der Waals surface area contributed by atoms with Gasteiger partial charge < -0.3 is 14.3 Å². The number of thiophene rings is 2. The van der Waals surface area contributed by atoms with Gasteiger partial charge in [0.2, 0.25) is 11.8 Å². The summed E-state index contributed by atoms with van der Waals surface area (Å²) in [6, 6.07) is 24.9. The first-order valence-electron chi connectivity index (χ1n) is 19.5. The Labute approximate surface area is 355 Å². The van der Waals surface area contributed by atoms with Gasteiger partial charge in [-0.1, -0.05) is 60.7 Å². The predicted molar refractivity (Wildman–Crippen MR) is 234 cm³/mol. The van der Waals surface area contributed by atoms with Crippen LogP contribution in [0.5, 0.6) is 5.75 Å². The van der Waals surface area contributed by atoms with Crippen LogP contribution in [0.15, 0.2) is 89.6 Å². The summed E-state index contributed by atoms with van der Waals surface area (Å²) >= 11 is 16.4. The Morgan fingerprint density at radius 1 is 0.724 bits per heavy atom. The summed E-state index contributed by atoms with van der Waals surface area (Å²) in [5.41, 5.74) is 6.47. The number of benzene rings is 4. The van der Waals surface area contributed by atoms with Crippen LogP contribution in [-0.2, 0) is 36.4 Å². The first-order valence-corrected chi connectivity index (χ1v) is 23.8. The average Bonchev–Trinajstić information content (AvgIpc) is 3.98. The number of aryl methyl sites for hydroxylation is 2. The Balaban J connectivity index is 0.939. The summed E-state index contributed by atoms with van der Waals surface area (Å²) in [5.74, 6) is 1.12. The molecule has 2 atom stereocenters. The highest BCUT2D eigenvalue weighted by Crippen LogP contribution is 2.75. The molecule has 3 saturated carbocycles. The zero-order valence-corrected chi connectivity index (χ0v) is 36.1. The second kappa shape index (κ2) is 14.5. The number of phosphoric acid groups is 1. The largest absolute Gasteiger partial charge is 0.530 e. The summed E-state index contributed by atoms with van der Waals surface area (Å²) in [5, 5.41) is 6.37. The van der Waals surface area contributed by atoms with Crippen LogP contribution in [0.2, 0.25) is 0 Å². The van der Waals surface area contributed by atoms with E-state index in [-0.39, 0.29) is 36.9 Å². The number of anilines is 2. The molecule has 4 heterocycles. The SMILES string of the molecule is Cc1csc2ccc3c(c12)[C@H](CCl)CN3C(=O)C12CC(C(=O)N3C[C@@H](CCl)c4c3cc(OP(=O)(OCc3ccccc3)OCc3ccccc3)c3scc(C)c43)(C1)C2. The molecule has 2 bridgehead atoms. The molecule has 298 valence electrons. The number of alkyl halides is 2. The lowest BCUT2D eigenvalue weighted by atomic mass is 9.34. The van der Waals surface area contributed by atoms with Gasteiger partial charge in [-0.3, -0.25) is 18.6 Å². The van der Waals surface area contributed by atoms with Gasteiger partial charge in [0.05, 0.1) is 34.4 Å². The van der Waals surface area contributed by atoms with Crippen molar-refractivity contribution in [3.8, 4) is 5.75 Å². The maximum Gasteiger partial charge on any atom is 0.530 e. The Morgan fingerprint density at radius 3 is 1.81 bits per heavy atom. The Morgan fingerprint density at radius 2 is 1.24 bits per heavy atom. The van der Waals surface area contributed by atoms with Crippen molar-refractivity contribution < 1.29 is 27.7 Å². The van der Waals surface area contributed by atoms with Crippen molar-refractivity contribution in [2.45, 2.75) is 58.2 Å². The molecule has 2 amide bonds. The fourth-order valence-electron chi connectivity index (χ4n) is 9.95. The average molecular weight is 872 g/mol. The Kier molecular flexibility index (Phi) is 9.60. The highest BCUT2D eigenvalue weighted by molar-refractivity contribution is 7.49. The van der Waals surface area contributed by atoms with E-state index in [1.54, 1.807) is 11.3 Å². The topological polar surface area (TPSA) is 85.4 Å². The van der Waals surface area contributed by atoms with E-state index in [9.17, 15) is 14.2 Å². The Hall–Kier alpha value is -3.73. The van der Waals surface area contributed by atoms with Gasteiger partial charge >= 0.3 is 7.82 Å². The number of nitrogens with zero attached hydrogens (tertiary/aromatic N) is 2. The van der Waals surface area contributed by atoms with E-state index in [1.807, 2.05) is 88.8 Å². The van der Waals surface area contributed by atoms with Crippen molar-refractivity contribution in [1.29, 1.82) is 0 Å². The summed E-state index contributed by atoms with van der Waals surface area (Å²) in [4.78, 5) is 33.1. The van der Waals surface area contributed by atoms with Gasteiger partial charge in [0.15, 0.2) is 5.75 Å². The first kappa shape index (κ1) is 38.5. The maximum atomic E-state index is 14.8. The van der Waals surface area contributed by atoms with Crippen LogP contribution in [-0.4, -0.2) is 36.7 Å². The second-order valence-electron chi connectivity index (χ2n) is 16.4. The van der Waals surface area contributed by atoms with Crippen molar-refractivity contribution in [3.63, 3.8) is 0 Å². The number of hydrogen-bond acceptors (Lipinski definition) is 8. The van der Waals surface area contributed by atoms with Crippen LogP contribution >= 0.6 is 53.7 Å². The predicted octanol–water partition coefficient (Wildman–Crippen LogP) is 11.9. The van der Waals surface area contributed by atoms with E-state index in [2.05, 4.69) is 24.4 Å². The number of carbonyl (C=O) groups excluding carboxylic acids is 2. The van der Waals surface area contributed by atoms with Gasteiger partial charge in [-0.05, 0) is 89.4 Å². The fourth-order valence-corrected chi connectivity index (χ4v) is 13.7. The zero-order valence-electron chi connectivity index (χ0n) is 32.0. The lowest BCUT2D eigenvalue weighted by molar-refractivity contribution is -0.204. The van der Waals surface area contributed by atoms with Crippen LogP contribution in [0.1, 0.15) is 64.5 Å². The molecule has 0 radical (unpaired) electrons. The summed E-state index contributed by atoms with van der Waals surface area (Å²) in [7, 11) is -4.22. The number of halogens is 2. The Bertz CT molecular complexity index is 2600. The van der Waals surface area contributed by atoms with Gasteiger partial charge in [0.1, 0.15) is 0 Å². The van der Waals surface area contributed by atoms with E-state index in [1.165, 1.54) is 32.5 Å². The van der Waals surface area contributed by atoms with Crippen molar-refractivity contribution in [2.24, 2.45) is 10.8 Å². The van der Waals surface area contributed by atoms with E-state index in [0.717, 1.165) is 38.0 Å². The van der Waals surface area contributed by atoms with Gasteiger partial charge in [-0.2, -0.15) is 0 Å². The summed E-state index contributed by atoms with van der Waals surface area (Å²) in [6.07, 6.45) is 1.52. The van der Waals surface area contributed by atoms with E-state index in [4.69, 9.17) is 36.8 Å².